The first kappa shape index (κ1) is 17.5. The first-order chi connectivity index (χ1) is 9.86. The zero-order valence-corrected chi connectivity index (χ0v) is 13.7. The first-order valence-corrected chi connectivity index (χ1v) is 7.69. The highest BCUT2D eigenvalue weighted by molar-refractivity contribution is 5.82. The maximum atomic E-state index is 11.9. The molecule has 3 N–H and O–H groups in total. The van der Waals surface area contributed by atoms with Crippen LogP contribution < -0.4 is 16.0 Å². The van der Waals surface area contributed by atoms with Gasteiger partial charge in [0.2, 0.25) is 5.91 Å². The van der Waals surface area contributed by atoms with E-state index in [1.54, 1.807) is 0 Å². The Hall–Kier alpha value is -1.55. The molecule has 0 aliphatic carbocycles. The summed E-state index contributed by atoms with van der Waals surface area (Å²) in [6, 6.07) is 9.86. The molecule has 0 fully saturated rings. The number of benzene rings is 1. The van der Waals surface area contributed by atoms with Crippen LogP contribution in [0.2, 0.25) is 0 Å². The smallest absolute Gasteiger partial charge is 0.237 e. The van der Waals surface area contributed by atoms with Gasteiger partial charge in [0.1, 0.15) is 0 Å². The van der Waals surface area contributed by atoms with Crippen LogP contribution >= 0.6 is 0 Å². The van der Waals surface area contributed by atoms with Gasteiger partial charge in [-0.15, -0.1) is 0 Å². The lowest BCUT2D eigenvalue weighted by Gasteiger charge is -2.26. The highest BCUT2D eigenvalue weighted by Gasteiger charge is 2.26. The SMILES string of the molecule is CCN(CCCNC(=O)[C@H](N)C(C)(C)C)c1ccccc1. The molecule has 0 saturated heterocycles. The molecule has 0 radical (unpaired) electrons. The van der Waals surface area contributed by atoms with Crippen molar-refractivity contribution in [2.45, 2.75) is 40.2 Å². The van der Waals surface area contributed by atoms with Crippen molar-refractivity contribution in [1.29, 1.82) is 0 Å². The maximum Gasteiger partial charge on any atom is 0.237 e. The molecule has 1 rings (SSSR count). The van der Waals surface area contributed by atoms with E-state index in [0.29, 0.717) is 6.54 Å². The topological polar surface area (TPSA) is 58.4 Å². The van der Waals surface area contributed by atoms with Gasteiger partial charge in [0.25, 0.3) is 0 Å². The second kappa shape index (κ2) is 8.03. The van der Waals surface area contributed by atoms with Crippen LogP contribution in [0.5, 0.6) is 0 Å². The van der Waals surface area contributed by atoms with E-state index >= 15 is 0 Å². The van der Waals surface area contributed by atoms with Crippen molar-refractivity contribution in [1.82, 2.24) is 5.32 Å². The molecule has 0 heterocycles. The number of rotatable bonds is 7. The third kappa shape index (κ3) is 5.76. The number of anilines is 1. The van der Waals surface area contributed by atoms with Gasteiger partial charge in [-0.3, -0.25) is 4.79 Å². The number of carbonyl (C=O) groups is 1. The van der Waals surface area contributed by atoms with Gasteiger partial charge in [-0.1, -0.05) is 39.0 Å². The van der Waals surface area contributed by atoms with Crippen molar-refractivity contribution in [2.24, 2.45) is 11.1 Å². The number of para-hydroxylation sites is 1. The molecule has 0 aliphatic heterocycles. The summed E-state index contributed by atoms with van der Waals surface area (Å²) in [7, 11) is 0. The summed E-state index contributed by atoms with van der Waals surface area (Å²) in [5.74, 6) is -0.0646. The van der Waals surface area contributed by atoms with Crippen LogP contribution in [0.25, 0.3) is 0 Å². The van der Waals surface area contributed by atoms with Gasteiger partial charge in [-0.25, -0.2) is 0 Å². The Kier molecular flexibility index (Phi) is 6.69. The highest BCUT2D eigenvalue weighted by Crippen LogP contribution is 2.17. The van der Waals surface area contributed by atoms with Crippen LogP contribution in [0.4, 0.5) is 5.69 Å². The number of hydrogen-bond donors (Lipinski definition) is 2. The minimum Gasteiger partial charge on any atom is -0.372 e. The lowest BCUT2D eigenvalue weighted by molar-refractivity contribution is -0.124. The van der Waals surface area contributed by atoms with E-state index in [9.17, 15) is 4.79 Å². The molecule has 118 valence electrons. The number of nitrogens with zero attached hydrogens (tertiary/aromatic N) is 1. The summed E-state index contributed by atoms with van der Waals surface area (Å²) in [6.07, 6.45) is 0.908. The van der Waals surface area contributed by atoms with Crippen LogP contribution in [-0.2, 0) is 4.79 Å². The predicted molar refractivity (Wildman–Crippen MR) is 89.4 cm³/mol. The molecule has 1 aromatic carbocycles. The molecule has 21 heavy (non-hydrogen) atoms. The van der Waals surface area contributed by atoms with Gasteiger partial charge >= 0.3 is 0 Å². The molecule has 1 atom stereocenters. The summed E-state index contributed by atoms with van der Waals surface area (Å²) < 4.78 is 0. The van der Waals surface area contributed by atoms with Crippen molar-refractivity contribution in [3.63, 3.8) is 0 Å². The first-order valence-electron chi connectivity index (χ1n) is 7.69. The molecular weight excluding hydrogens is 262 g/mol. The number of hydrogen-bond acceptors (Lipinski definition) is 3. The third-order valence-corrected chi connectivity index (χ3v) is 3.62. The zero-order chi connectivity index (χ0) is 15.9. The summed E-state index contributed by atoms with van der Waals surface area (Å²) in [6.45, 7) is 10.6. The number of carbonyl (C=O) groups excluding carboxylic acids is 1. The van der Waals surface area contributed by atoms with Crippen LogP contribution in [0.1, 0.15) is 34.1 Å². The Morgan fingerprint density at radius 3 is 2.43 bits per heavy atom. The van der Waals surface area contributed by atoms with Crippen LogP contribution in [0, 0.1) is 5.41 Å². The predicted octanol–water partition coefficient (Wildman–Crippen LogP) is 2.39. The molecule has 0 aromatic heterocycles. The fourth-order valence-electron chi connectivity index (χ4n) is 2.09. The van der Waals surface area contributed by atoms with Crippen LogP contribution in [0.3, 0.4) is 0 Å². The Balaban J connectivity index is 2.35. The van der Waals surface area contributed by atoms with E-state index in [2.05, 4.69) is 29.3 Å². The van der Waals surface area contributed by atoms with Crippen molar-refractivity contribution >= 4 is 11.6 Å². The van der Waals surface area contributed by atoms with Crippen molar-refractivity contribution in [2.75, 3.05) is 24.5 Å². The molecule has 4 nitrogen and oxygen atoms in total. The van der Waals surface area contributed by atoms with E-state index in [4.69, 9.17) is 5.73 Å². The molecule has 4 heteroatoms. The normalized spacial score (nSPS) is 12.8. The molecule has 1 aromatic rings. The lowest BCUT2D eigenvalue weighted by Crippen LogP contribution is -2.49. The van der Waals surface area contributed by atoms with Gasteiger partial charge in [-0.05, 0) is 30.9 Å². The van der Waals surface area contributed by atoms with E-state index in [-0.39, 0.29) is 11.3 Å². The molecule has 0 saturated carbocycles. The van der Waals surface area contributed by atoms with Gasteiger partial charge in [0.05, 0.1) is 6.04 Å². The van der Waals surface area contributed by atoms with E-state index in [1.165, 1.54) is 5.69 Å². The van der Waals surface area contributed by atoms with E-state index in [1.807, 2.05) is 39.0 Å². The summed E-state index contributed by atoms with van der Waals surface area (Å²) >= 11 is 0. The minimum atomic E-state index is -0.464. The number of amides is 1. The fourth-order valence-corrected chi connectivity index (χ4v) is 2.09. The van der Waals surface area contributed by atoms with E-state index < -0.39 is 6.04 Å². The second-order valence-electron chi connectivity index (χ2n) is 6.40. The highest BCUT2D eigenvalue weighted by atomic mass is 16.2. The second-order valence-corrected chi connectivity index (χ2v) is 6.40. The largest absolute Gasteiger partial charge is 0.372 e. The zero-order valence-electron chi connectivity index (χ0n) is 13.7. The van der Waals surface area contributed by atoms with Gasteiger partial charge in [0, 0.05) is 25.3 Å². The molecule has 0 unspecified atom stereocenters. The van der Waals surface area contributed by atoms with Gasteiger partial charge in [0.15, 0.2) is 0 Å². The van der Waals surface area contributed by atoms with Gasteiger partial charge < -0.3 is 16.0 Å². The Morgan fingerprint density at radius 2 is 1.90 bits per heavy atom. The third-order valence-electron chi connectivity index (χ3n) is 3.62. The number of nitrogens with one attached hydrogen (secondary N) is 1. The average molecular weight is 291 g/mol. The van der Waals surface area contributed by atoms with E-state index in [0.717, 1.165) is 19.5 Å². The van der Waals surface area contributed by atoms with Crippen molar-refractivity contribution < 1.29 is 4.79 Å². The molecular formula is C17H29N3O. The fraction of sp³-hybridized carbons (Fsp3) is 0.588. The van der Waals surface area contributed by atoms with Crippen LogP contribution in [-0.4, -0.2) is 31.6 Å². The van der Waals surface area contributed by atoms with Crippen molar-refractivity contribution in [3.05, 3.63) is 30.3 Å². The van der Waals surface area contributed by atoms with Crippen LogP contribution in [0.15, 0.2) is 30.3 Å². The summed E-state index contributed by atoms with van der Waals surface area (Å²) in [4.78, 5) is 14.2. The molecule has 0 spiro atoms. The molecule has 0 aliphatic rings. The maximum absolute atomic E-state index is 11.9. The Morgan fingerprint density at radius 1 is 1.29 bits per heavy atom. The monoisotopic (exact) mass is 291 g/mol. The Bertz CT molecular complexity index is 425. The molecule has 1 amide bonds. The van der Waals surface area contributed by atoms with Gasteiger partial charge in [-0.2, -0.15) is 0 Å². The lowest BCUT2D eigenvalue weighted by atomic mass is 9.87. The molecule has 0 bridgehead atoms. The average Bonchev–Trinajstić information content (AvgIpc) is 2.46. The van der Waals surface area contributed by atoms with Crippen molar-refractivity contribution in [3.8, 4) is 0 Å². The quantitative estimate of drug-likeness (QED) is 0.758. The Labute approximate surface area is 128 Å². The summed E-state index contributed by atoms with van der Waals surface area (Å²) in [5, 5.41) is 2.93. The minimum absolute atomic E-state index is 0.0646. The standard InChI is InChI=1S/C17H29N3O/c1-5-20(14-10-7-6-8-11-14)13-9-12-19-16(21)15(18)17(2,3)4/h6-8,10-11,15H,5,9,12-13,18H2,1-4H3,(H,19,21)/t15-/m0/s1. The number of nitrogens with two attached hydrogens (primary N) is 1. The summed E-state index contributed by atoms with van der Waals surface area (Å²) in [5.41, 5.74) is 6.95.